The van der Waals surface area contributed by atoms with Crippen LogP contribution in [0, 0.1) is 5.41 Å². The highest BCUT2D eigenvalue weighted by molar-refractivity contribution is 5.74. The zero-order valence-corrected chi connectivity index (χ0v) is 11.4. The summed E-state index contributed by atoms with van der Waals surface area (Å²) in [4.78, 5) is 15.7. The summed E-state index contributed by atoms with van der Waals surface area (Å²) in [6.45, 7) is 8.74. The number of hydrogen-bond acceptors (Lipinski definition) is 2. The molecule has 2 amide bonds. The van der Waals surface area contributed by atoms with Gasteiger partial charge in [0.25, 0.3) is 0 Å². The second-order valence-corrected chi connectivity index (χ2v) is 5.23. The Hall–Kier alpha value is -1.84. The third kappa shape index (κ3) is 4.99. The predicted molar refractivity (Wildman–Crippen MR) is 72.8 cm³/mol. The van der Waals surface area contributed by atoms with Gasteiger partial charge in [-0.15, -0.1) is 0 Å². The molecule has 0 fully saturated rings. The van der Waals surface area contributed by atoms with Gasteiger partial charge < -0.3 is 10.6 Å². The molecule has 1 aromatic rings. The minimum atomic E-state index is -0.218. The Morgan fingerprint density at radius 1 is 1.39 bits per heavy atom. The molecule has 1 aromatic heterocycles. The predicted octanol–water partition coefficient (Wildman–Crippen LogP) is 2.83. The fourth-order valence-electron chi connectivity index (χ4n) is 1.11. The van der Waals surface area contributed by atoms with Gasteiger partial charge in [0.1, 0.15) is 0 Å². The summed E-state index contributed by atoms with van der Waals surface area (Å²) in [5.74, 6) is 0. The second-order valence-electron chi connectivity index (χ2n) is 5.23. The average Bonchev–Trinajstić information content (AvgIpc) is 2.33. The first kappa shape index (κ1) is 14.2. The maximum absolute atomic E-state index is 11.6. The van der Waals surface area contributed by atoms with Crippen LogP contribution >= 0.6 is 0 Å². The van der Waals surface area contributed by atoms with Crippen molar-refractivity contribution in [1.82, 2.24) is 15.6 Å². The van der Waals surface area contributed by atoms with Crippen molar-refractivity contribution in [1.29, 1.82) is 0 Å². The van der Waals surface area contributed by atoms with Gasteiger partial charge >= 0.3 is 6.03 Å². The van der Waals surface area contributed by atoms with E-state index in [4.69, 9.17) is 0 Å². The summed E-state index contributed by atoms with van der Waals surface area (Å²) in [6, 6.07) is 5.39. The zero-order valence-electron chi connectivity index (χ0n) is 11.4. The Morgan fingerprint density at radius 2 is 2.11 bits per heavy atom. The summed E-state index contributed by atoms with van der Waals surface area (Å²) >= 11 is 0. The highest BCUT2D eigenvalue weighted by atomic mass is 16.2. The van der Waals surface area contributed by atoms with E-state index < -0.39 is 0 Å². The summed E-state index contributed by atoms with van der Waals surface area (Å²) in [5.41, 5.74) is 2.02. The number of hydrogen-bond donors (Lipinski definition) is 2. The van der Waals surface area contributed by atoms with Gasteiger partial charge in [-0.2, -0.15) is 0 Å². The van der Waals surface area contributed by atoms with Crippen molar-refractivity contribution in [2.75, 3.05) is 0 Å². The number of amides is 2. The van der Waals surface area contributed by atoms with Gasteiger partial charge in [-0.25, -0.2) is 4.79 Å². The van der Waals surface area contributed by atoms with Crippen molar-refractivity contribution in [2.24, 2.45) is 5.41 Å². The molecule has 0 aliphatic heterocycles. The van der Waals surface area contributed by atoms with Crippen molar-refractivity contribution in [2.45, 2.75) is 34.2 Å². The lowest BCUT2D eigenvalue weighted by Gasteiger charge is -2.19. The SMILES string of the molecule is C/C(=C\NC(=O)NCc1ccccn1)C(C)(C)C. The number of carbonyl (C=O) groups excluding carboxylic acids is 1. The molecule has 0 bridgehead atoms. The van der Waals surface area contributed by atoms with Crippen LogP contribution in [0.3, 0.4) is 0 Å². The third-order valence-corrected chi connectivity index (χ3v) is 2.76. The van der Waals surface area contributed by atoms with Crippen LogP contribution in [0.15, 0.2) is 36.2 Å². The topological polar surface area (TPSA) is 54.0 Å². The maximum atomic E-state index is 11.6. The molecule has 0 aliphatic rings. The van der Waals surface area contributed by atoms with E-state index in [0.29, 0.717) is 6.54 Å². The van der Waals surface area contributed by atoms with Crippen LogP contribution < -0.4 is 10.6 Å². The molecule has 4 nitrogen and oxygen atoms in total. The number of nitrogens with zero attached hydrogens (tertiary/aromatic N) is 1. The van der Waals surface area contributed by atoms with Crippen LogP contribution in [-0.2, 0) is 6.54 Å². The first-order valence-corrected chi connectivity index (χ1v) is 6.01. The second kappa shape index (κ2) is 6.19. The van der Waals surface area contributed by atoms with Crippen LogP contribution in [-0.4, -0.2) is 11.0 Å². The molecule has 4 heteroatoms. The molecule has 18 heavy (non-hydrogen) atoms. The number of pyridine rings is 1. The van der Waals surface area contributed by atoms with E-state index in [1.54, 1.807) is 12.4 Å². The molecule has 1 rings (SSSR count). The van der Waals surface area contributed by atoms with Crippen molar-refractivity contribution < 1.29 is 4.79 Å². The van der Waals surface area contributed by atoms with E-state index in [9.17, 15) is 4.79 Å². The third-order valence-electron chi connectivity index (χ3n) is 2.76. The smallest absolute Gasteiger partial charge is 0.319 e. The number of carbonyl (C=O) groups is 1. The molecule has 0 aliphatic carbocycles. The minimum Gasteiger partial charge on any atom is -0.332 e. The molecule has 0 unspecified atom stereocenters. The van der Waals surface area contributed by atoms with Crippen molar-refractivity contribution in [3.8, 4) is 0 Å². The number of urea groups is 1. The molecule has 0 saturated carbocycles. The van der Waals surface area contributed by atoms with Crippen LogP contribution in [0.5, 0.6) is 0 Å². The van der Waals surface area contributed by atoms with Crippen LogP contribution in [0.2, 0.25) is 0 Å². The maximum Gasteiger partial charge on any atom is 0.319 e. The largest absolute Gasteiger partial charge is 0.332 e. The summed E-state index contributed by atoms with van der Waals surface area (Å²) in [6.07, 6.45) is 3.45. The van der Waals surface area contributed by atoms with E-state index >= 15 is 0 Å². The fourth-order valence-corrected chi connectivity index (χ4v) is 1.11. The van der Waals surface area contributed by atoms with Gasteiger partial charge in [0.05, 0.1) is 12.2 Å². The Kier molecular flexibility index (Phi) is 4.89. The van der Waals surface area contributed by atoms with Gasteiger partial charge in [0.2, 0.25) is 0 Å². The lowest BCUT2D eigenvalue weighted by molar-refractivity contribution is 0.243. The highest BCUT2D eigenvalue weighted by Gasteiger charge is 2.12. The molecular weight excluding hydrogens is 226 g/mol. The number of rotatable bonds is 3. The molecule has 0 aromatic carbocycles. The van der Waals surface area contributed by atoms with Gasteiger partial charge in [-0.05, 0) is 24.5 Å². The molecule has 98 valence electrons. The van der Waals surface area contributed by atoms with E-state index in [1.165, 1.54) is 0 Å². The molecule has 0 atom stereocenters. The number of aromatic nitrogens is 1. The van der Waals surface area contributed by atoms with Crippen molar-refractivity contribution >= 4 is 6.03 Å². The van der Waals surface area contributed by atoms with Gasteiger partial charge in [0.15, 0.2) is 0 Å². The summed E-state index contributed by atoms with van der Waals surface area (Å²) < 4.78 is 0. The minimum absolute atomic E-state index is 0.0638. The molecular formula is C14H21N3O. The summed E-state index contributed by atoms with van der Waals surface area (Å²) in [5, 5.41) is 5.47. The number of allylic oxidation sites excluding steroid dienone is 1. The standard InChI is InChI=1S/C14H21N3O/c1-11(14(2,3)4)9-16-13(18)17-10-12-7-5-6-8-15-12/h5-9H,10H2,1-4H3,(H2,16,17,18)/b11-9+. The molecule has 2 N–H and O–H groups in total. The lowest BCUT2D eigenvalue weighted by Crippen LogP contribution is -2.32. The van der Waals surface area contributed by atoms with Crippen LogP contribution in [0.25, 0.3) is 0 Å². The normalized spacial score (nSPS) is 12.1. The Morgan fingerprint density at radius 3 is 2.67 bits per heavy atom. The average molecular weight is 247 g/mol. The van der Waals surface area contributed by atoms with Gasteiger partial charge in [-0.3, -0.25) is 4.98 Å². The quantitative estimate of drug-likeness (QED) is 0.863. The fraction of sp³-hybridized carbons (Fsp3) is 0.429. The first-order valence-electron chi connectivity index (χ1n) is 6.01. The van der Waals surface area contributed by atoms with E-state index in [2.05, 4.69) is 36.4 Å². The van der Waals surface area contributed by atoms with Crippen molar-refractivity contribution in [3.05, 3.63) is 41.9 Å². The Balaban J connectivity index is 2.39. The summed E-state index contributed by atoms with van der Waals surface area (Å²) in [7, 11) is 0. The monoisotopic (exact) mass is 247 g/mol. The van der Waals surface area contributed by atoms with Crippen molar-refractivity contribution in [3.63, 3.8) is 0 Å². The van der Waals surface area contributed by atoms with E-state index in [1.807, 2.05) is 25.1 Å². The van der Waals surface area contributed by atoms with Crippen LogP contribution in [0.1, 0.15) is 33.4 Å². The van der Waals surface area contributed by atoms with Gasteiger partial charge in [0, 0.05) is 12.4 Å². The van der Waals surface area contributed by atoms with E-state index in [-0.39, 0.29) is 11.4 Å². The van der Waals surface area contributed by atoms with E-state index in [0.717, 1.165) is 11.3 Å². The lowest BCUT2D eigenvalue weighted by atomic mass is 9.88. The molecule has 0 spiro atoms. The highest BCUT2D eigenvalue weighted by Crippen LogP contribution is 2.23. The van der Waals surface area contributed by atoms with Crippen LogP contribution in [0.4, 0.5) is 4.79 Å². The first-order chi connectivity index (χ1) is 8.39. The Labute approximate surface area is 109 Å². The Bertz CT molecular complexity index is 418. The molecule has 0 saturated heterocycles. The zero-order chi connectivity index (χ0) is 13.6. The molecule has 1 heterocycles. The number of nitrogens with one attached hydrogen (secondary N) is 2. The molecule has 0 radical (unpaired) electrons. The van der Waals surface area contributed by atoms with Gasteiger partial charge in [-0.1, -0.05) is 32.4 Å².